The molecule has 102 valence electrons. The van der Waals surface area contributed by atoms with Gasteiger partial charge in [0.15, 0.2) is 0 Å². The molecule has 3 nitrogen and oxygen atoms in total. The minimum absolute atomic E-state index is 0.607. The van der Waals surface area contributed by atoms with E-state index in [0.29, 0.717) is 17.4 Å². The molecule has 1 heterocycles. The lowest BCUT2D eigenvalue weighted by Crippen LogP contribution is -2.31. The van der Waals surface area contributed by atoms with E-state index >= 15 is 0 Å². The van der Waals surface area contributed by atoms with Gasteiger partial charge in [0, 0.05) is 12.6 Å². The van der Waals surface area contributed by atoms with Crippen molar-refractivity contribution in [2.24, 2.45) is 0 Å². The first-order valence-corrected chi connectivity index (χ1v) is 7.05. The molecule has 3 heteroatoms. The van der Waals surface area contributed by atoms with E-state index < -0.39 is 0 Å². The molecular formula is C16H22N2O. The molecule has 19 heavy (non-hydrogen) atoms. The zero-order chi connectivity index (χ0) is 13.7. The SMILES string of the molecule is COc1cc(CN2CCCCCC2C)ccc1C#N. The molecule has 1 aromatic rings. The summed E-state index contributed by atoms with van der Waals surface area (Å²) in [6.07, 6.45) is 5.26. The maximum atomic E-state index is 9.00. The summed E-state index contributed by atoms with van der Waals surface area (Å²) in [5.74, 6) is 0.683. The third kappa shape index (κ3) is 3.48. The zero-order valence-electron chi connectivity index (χ0n) is 11.9. The molecule has 0 radical (unpaired) electrons. The van der Waals surface area contributed by atoms with Crippen LogP contribution in [-0.4, -0.2) is 24.6 Å². The Bertz CT molecular complexity index is 464. The van der Waals surface area contributed by atoms with Crippen LogP contribution in [0.3, 0.4) is 0 Å². The second-order valence-corrected chi connectivity index (χ2v) is 5.32. The summed E-state index contributed by atoms with van der Waals surface area (Å²) in [6.45, 7) is 4.43. The van der Waals surface area contributed by atoms with Crippen molar-refractivity contribution in [2.45, 2.75) is 45.2 Å². The van der Waals surface area contributed by atoms with Crippen molar-refractivity contribution < 1.29 is 4.74 Å². The number of likely N-dealkylation sites (tertiary alicyclic amines) is 1. The van der Waals surface area contributed by atoms with Gasteiger partial charge in [0.2, 0.25) is 0 Å². The minimum Gasteiger partial charge on any atom is -0.495 e. The highest BCUT2D eigenvalue weighted by Crippen LogP contribution is 2.23. The average molecular weight is 258 g/mol. The third-order valence-corrected chi connectivity index (χ3v) is 3.96. The number of rotatable bonds is 3. The second-order valence-electron chi connectivity index (χ2n) is 5.32. The van der Waals surface area contributed by atoms with Gasteiger partial charge in [0.05, 0.1) is 12.7 Å². The zero-order valence-corrected chi connectivity index (χ0v) is 11.9. The molecule has 0 amide bonds. The summed E-state index contributed by atoms with van der Waals surface area (Å²) < 4.78 is 5.28. The van der Waals surface area contributed by atoms with E-state index in [0.717, 1.165) is 6.54 Å². The number of ether oxygens (including phenoxy) is 1. The summed E-state index contributed by atoms with van der Waals surface area (Å²) in [4.78, 5) is 2.54. The number of hydrogen-bond donors (Lipinski definition) is 0. The Morgan fingerprint density at radius 1 is 1.37 bits per heavy atom. The first-order chi connectivity index (χ1) is 9.24. The first-order valence-electron chi connectivity index (χ1n) is 7.05. The standard InChI is InChI=1S/C16H22N2O/c1-13-6-4-3-5-9-18(13)12-14-7-8-15(11-17)16(10-14)19-2/h7-8,10,13H,3-6,9,12H2,1-2H3. The fourth-order valence-electron chi connectivity index (χ4n) is 2.73. The van der Waals surface area contributed by atoms with Crippen LogP contribution in [0, 0.1) is 11.3 Å². The fraction of sp³-hybridized carbons (Fsp3) is 0.562. The number of nitriles is 1. The highest BCUT2D eigenvalue weighted by molar-refractivity contribution is 5.45. The average Bonchev–Trinajstić information content (AvgIpc) is 2.64. The summed E-state index contributed by atoms with van der Waals surface area (Å²) in [5.41, 5.74) is 1.83. The molecule has 0 bridgehead atoms. The Kier molecular flexibility index (Phi) is 4.81. The molecule has 1 aliphatic heterocycles. The smallest absolute Gasteiger partial charge is 0.136 e. The topological polar surface area (TPSA) is 36.3 Å². The molecule has 0 saturated carbocycles. The third-order valence-electron chi connectivity index (χ3n) is 3.96. The largest absolute Gasteiger partial charge is 0.495 e. The molecule has 1 aromatic carbocycles. The van der Waals surface area contributed by atoms with Gasteiger partial charge in [0.25, 0.3) is 0 Å². The molecule has 1 atom stereocenters. The van der Waals surface area contributed by atoms with Crippen molar-refractivity contribution in [1.29, 1.82) is 5.26 Å². The molecule has 0 N–H and O–H groups in total. The van der Waals surface area contributed by atoms with E-state index in [4.69, 9.17) is 10.00 Å². The lowest BCUT2D eigenvalue weighted by Gasteiger charge is -2.27. The van der Waals surface area contributed by atoms with Crippen molar-refractivity contribution in [3.63, 3.8) is 0 Å². The van der Waals surface area contributed by atoms with Crippen molar-refractivity contribution in [3.05, 3.63) is 29.3 Å². The monoisotopic (exact) mass is 258 g/mol. The molecule has 1 aliphatic rings. The Labute approximate surface area is 115 Å². The van der Waals surface area contributed by atoms with Gasteiger partial charge >= 0.3 is 0 Å². The molecule has 2 rings (SSSR count). The number of nitrogens with zero attached hydrogens (tertiary/aromatic N) is 2. The molecular weight excluding hydrogens is 236 g/mol. The maximum absolute atomic E-state index is 9.00. The predicted molar refractivity (Wildman–Crippen MR) is 76.0 cm³/mol. The van der Waals surface area contributed by atoms with E-state index in [1.165, 1.54) is 37.8 Å². The molecule has 1 unspecified atom stereocenters. The quantitative estimate of drug-likeness (QED) is 0.834. The van der Waals surface area contributed by atoms with E-state index in [-0.39, 0.29) is 0 Å². The highest BCUT2D eigenvalue weighted by atomic mass is 16.5. The summed E-state index contributed by atoms with van der Waals surface area (Å²) in [6, 6.07) is 8.69. The van der Waals surface area contributed by atoms with Crippen molar-refractivity contribution in [3.8, 4) is 11.8 Å². The van der Waals surface area contributed by atoms with Crippen LogP contribution in [-0.2, 0) is 6.54 Å². The van der Waals surface area contributed by atoms with Crippen LogP contribution >= 0.6 is 0 Å². The molecule has 0 spiro atoms. The van der Waals surface area contributed by atoms with Crippen LogP contribution in [0.25, 0.3) is 0 Å². The Morgan fingerprint density at radius 2 is 2.21 bits per heavy atom. The van der Waals surface area contributed by atoms with Crippen LogP contribution in [0.2, 0.25) is 0 Å². The van der Waals surface area contributed by atoms with Crippen LogP contribution in [0.5, 0.6) is 5.75 Å². The van der Waals surface area contributed by atoms with E-state index in [1.54, 1.807) is 7.11 Å². The summed E-state index contributed by atoms with van der Waals surface area (Å²) in [5, 5.41) is 9.00. The Hall–Kier alpha value is -1.53. The molecule has 1 saturated heterocycles. The van der Waals surface area contributed by atoms with Gasteiger partial charge in [-0.2, -0.15) is 5.26 Å². The van der Waals surface area contributed by atoms with Gasteiger partial charge in [0.1, 0.15) is 11.8 Å². The number of methoxy groups -OCH3 is 1. The van der Waals surface area contributed by atoms with Crippen LogP contribution in [0.4, 0.5) is 0 Å². The lowest BCUT2D eigenvalue weighted by atomic mass is 10.1. The maximum Gasteiger partial charge on any atom is 0.136 e. The van der Waals surface area contributed by atoms with Gasteiger partial charge < -0.3 is 4.74 Å². The van der Waals surface area contributed by atoms with Gasteiger partial charge in [-0.3, -0.25) is 4.90 Å². The van der Waals surface area contributed by atoms with E-state index in [9.17, 15) is 0 Å². The van der Waals surface area contributed by atoms with Gasteiger partial charge in [-0.15, -0.1) is 0 Å². The van der Waals surface area contributed by atoms with Crippen LogP contribution in [0.15, 0.2) is 18.2 Å². The molecule has 0 aromatic heterocycles. The van der Waals surface area contributed by atoms with Crippen LogP contribution < -0.4 is 4.74 Å². The number of benzene rings is 1. The normalized spacial score (nSPS) is 20.6. The second kappa shape index (κ2) is 6.58. The van der Waals surface area contributed by atoms with Gasteiger partial charge in [-0.1, -0.05) is 18.9 Å². The first kappa shape index (κ1) is 13.9. The lowest BCUT2D eigenvalue weighted by molar-refractivity contribution is 0.204. The Balaban J connectivity index is 2.12. The van der Waals surface area contributed by atoms with Crippen molar-refractivity contribution in [2.75, 3.05) is 13.7 Å². The van der Waals surface area contributed by atoms with E-state index in [2.05, 4.69) is 17.9 Å². The van der Waals surface area contributed by atoms with E-state index in [1.807, 2.05) is 18.2 Å². The van der Waals surface area contributed by atoms with Gasteiger partial charge in [-0.05, 0) is 44.0 Å². The van der Waals surface area contributed by atoms with Gasteiger partial charge in [-0.25, -0.2) is 0 Å². The highest BCUT2D eigenvalue weighted by Gasteiger charge is 2.17. The molecule has 1 fully saturated rings. The summed E-state index contributed by atoms with van der Waals surface area (Å²) >= 11 is 0. The van der Waals surface area contributed by atoms with Crippen molar-refractivity contribution >= 4 is 0 Å². The minimum atomic E-state index is 0.607. The predicted octanol–water partition coefficient (Wildman–Crippen LogP) is 3.33. The van der Waals surface area contributed by atoms with Crippen molar-refractivity contribution in [1.82, 2.24) is 4.90 Å². The number of hydrogen-bond acceptors (Lipinski definition) is 3. The fourth-order valence-corrected chi connectivity index (χ4v) is 2.73. The Morgan fingerprint density at radius 3 is 2.95 bits per heavy atom. The molecule has 0 aliphatic carbocycles. The van der Waals surface area contributed by atoms with Crippen LogP contribution in [0.1, 0.15) is 43.7 Å². The summed E-state index contributed by atoms with van der Waals surface area (Å²) in [7, 11) is 1.62.